The van der Waals surface area contributed by atoms with Crippen molar-refractivity contribution in [3.63, 3.8) is 0 Å². The van der Waals surface area contributed by atoms with E-state index in [-0.39, 0.29) is 0 Å². The van der Waals surface area contributed by atoms with Crippen molar-refractivity contribution in [1.82, 2.24) is 29.3 Å². The number of hydrogen-bond donors (Lipinski definition) is 0. The molecular formula is C20H19N7O2S. The summed E-state index contributed by atoms with van der Waals surface area (Å²) in [5, 5.41) is 8.55. The molecule has 4 aromatic rings. The molecule has 5 rings (SSSR count). The van der Waals surface area contributed by atoms with E-state index in [0.29, 0.717) is 48.1 Å². The number of benzene rings is 2. The third kappa shape index (κ3) is 3.19. The standard InChI is InChI=1S/C20H19N7O2S/c28-30(29,17-9-5-2-6-10-17)26-13-11-25(12-14-26)19-18-20(22-15-21-19)27(24-23-18)16-7-3-1-4-8-16/h1-10,15H,11-14H2. The topological polar surface area (TPSA) is 97.1 Å². The number of anilines is 1. The van der Waals surface area contributed by atoms with Gasteiger partial charge < -0.3 is 4.90 Å². The zero-order valence-corrected chi connectivity index (χ0v) is 16.9. The number of sulfonamides is 1. The number of fused-ring (bicyclic) bond motifs is 1. The smallest absolute Gasteiger partial charge is 0.243 e. The molecule has 10 heteroatoms. The van der Waals surface area contributed by atoms with E-state index in [4.69, 9.17) is 0 Å². The van der Waals surface area contributed by atoms with Gasteiger partial charge in [-0.05, 0) is 24.3 Å². The molecule has 2 aromatic carbocycles. The lowest BCUT2D eigenvalue weighted by Gasteiger charge is -2.34. The summed E-state index contributed by atoms with van der Waals surface area (Å²) in [5.41, 5.74) is 2.08. The van der Waals surface area contributed by atoms with Gasteiger partial charge in [0.2, 0.25) is 10.0 Å². The van der Waals surface area contributed by atoms with Crippen molar-refractivity contribution in [3.05, 3.63) is 67.0 Å². The van der Waals surface area contributed by atoms with E-state index in [1.54, 1.807) is 35.0 Å². The molecule has 0 atom stereocenters. The van der Waals surface area contributed by atoms with Gasteiger partial charge in [0.1, 0.15) is 6.33 Å². The van der Waals surface area contributed by atoms with Gasteiger partial charge in [-0.25, -0.2) is 18.4 Å². The van der Waals surface area contributed by atoms with Crippen molar-refractivity contribution >= 4 is 27.0 Å². The Bertz CT molecular complexity index is 1270. The van der Waals surface area contributed by atoms with E-state index in [2.05, 4.69) is 20.3 Å². The first-order valence-electron chi connectivity index (χ1n) is 9.56. The SMILES string of the molecule is O=S(=O)(c1ccccc1)N1CCN(c2ncnc3c2nnn3-c2ccccc2)CC1. The molecule has 1 aliphatic heterocycles. The third-order valence-corrected chi connectivity index (χ3v) is 7.05. The fourth-order valence-electron chi connectivity index (χ4n) is 3.59. The van der Waals surface area contributed by atoms with Crippen molar-refractivity contribution in [1.29, 1.82) is 0 Å². The van der Waals surface area contributed by atoms with E-state index in [0.717, 1.165) is 5.69 Å². The Kier molecular flexibility index (Phi) is 4.64. The zero-order chi connectivity index (χ0) is 20.6. The number of aromatic nitrogens is 5. The van der Waals surface area contributed by atoms with Crippen molar-refractivity contribution < 1.29 is 8.42 Å². The summed E-state index contributed by atoms with van der Waals surface area (Å²) in [6.07, 6.45) is 1.49. The molecule has 0 spiro atoms. The van der Waals surface area contributed by atoms with Gasteiger partial charge in [0.15, 0.2) is 17.0 Å². The van der Waals surface area contributed by atoms with Crippen molar-refractivity contribution in [2.24, 2.45) is 0 Å². The van der Waals surface area contributed by atoms with E-state index >= 15 is 0 Å². The number of nitrogens with zero attached hydrogens (tertiary/aromatic N) is 7. The molecule has 3 heterocycles. The molecule has 9 nitrogen and oxygen atoms in total. The molecule has 1 fully saturated rings. The van der Waals surface area contributed by atoms with Gasteiger partial charge in [-0.2, -0.15) is 8.99 Å². The van der Waals surface area contributed by atoms with Crippen LogP contribution >= 0.6 is 0 Å². The average molecular weight is 421 g/mol. The lowest BCUT2D eigenvalue weighted by molar-refractivity contribution is 0.384. The number of hydrogen-bond acceptors (Lipinski definition) is 7. The molecule has 0 unspecified atom stereocenters. The zero-order valence-electron chi connectivity index (χ0n) is 16.0. The normalized spacial score (nSPS) is 15.5. The van der Waals surface area contributed by atoms with Gasteiger partial charge in [0.25, 0.3) is 0 Å². The molecular weight excluding hydrogens is 402 g/mol. The van der Waals surface area contributed by atoms with Crippen LogP contribution in [0.2, 0.25) is 0 Å². The largest absolute Gasteiger partial charge is 0.352 e. The van der Waals surface area contributed by atoms with Crippen molar-refractivity contribution in [2.75, 3.05) is 31.1 Å². The molecule has 0 aliphatic carbocycles. The van der Waals surface area contributed by atoms with Crippen LogP contribution in [-0.2, 0) is 10.0 Å². The van der Waals surface area contributed by atoms with Crippen molar-refractivity contribution in [2.45, 2.75) is 4.90 Å². The lowest BCUT2D eigenvalue weighted by atomic mass is 10.3. The fourth-order valence-corrected chi connectivity index (χ4v) is 5.04. The Hall–Kier alpha value is -3.37. The second-order valence-corrected chi connectivity index (χ2v) is 8.85. The van der Waals surface area contributed by atoms with Crippen molar-refractivity contribution in [3.8, 4) is 5.69 Å². The Morgan fingerprint density at radius 1 is 0.800 bits per heavy atom. The first-order chi connectivity index (χ1) is 14.6. The van der Waals surface area contributed by atoms with Crippen LogP contribution in [0.3, 0.4) is 0 Å². The minimum Gasteiger partial charge on any atom is -0.352 e. The van der Waals surface area contributed by atoms with Crippen LogP contribution in [0.4, 0.5) is 5.82 Å². The van der Waals surface area contributed by atoms with Gasteiger partial charge >= 0.3 is 0 Å². The maximum atomic E-state index is 12.9. The fraction of sp³-hybridized carbons (Fsp3) is 0.200. The van der Waals surface area contributed by atoms with Gasteiger partial charge in [-0.3, -0.25) is 0 Å². The lowest BCUT2D eigenvalue weighted by Crippen LogP contribution is -2.49. The van der Waals surface area contributed by atoms with Crippen LogP contribution in [0, 0.1) is 0 Å². The molecule has 0 amide bonds. The van der Waals surface area contributed by atoms with Gasteiger partial charge in [-0.1, -0.05) is 41.6 Å². The van der Waals surface area contributed by atoms with Crippen LogP contribution < -0.4 is 4.90 Å². The Morgan fingerprint density at radius 3 is 2.17 bits per heavy atom. The van der Waals surface area contributed by atoms with Gasteiger partial charge in [-0.15, -0.1) is 5.10 Å². The van der Waals surface area contributed by atoms with E-state index in [1.807, 2.05) is 35.2 Å². The predicted octanol–water partition coefficient (Wildman–Crippen LogP) is 1.72. The Labute approximate surface area is 173 Å². The second-order valence-electron chi connectivity index (χ2n) is 6.91. The van der Waals surface area contributed by atoms with E-state index in [9.17, 15) is 8.42 Å². The molecule has 1 saturated heterocycles. The molecule has 2 aromatic heterocycles. The minimum absolute atomic E-state index is 0.314. The molecule has 0 radical (unpaired) electrons. The molecule has 1 aliphatic rings. The summed E-state index contributed by atoms with van der Waals surface area (Å²) in [5.74, 6) is 0.666. The highest BCUT2D eigenvalue weighted by Crippen LogP contribution is 2.25. The first kappa shape index (κ1) is 18.6. The summed E-state index contributed by atoms with van der Waals surface area (Å²) in [4.78, 5) is 11.1. The second kappa shape index (κ2) is 7.47. The molecule has 152 valence electrons. The summed E-state index contributed by atoms with van der Waals surface area (Å²) in [6, 6.07) is 18.2. The summed E-state index contributed by atoms with van der Waals surface area (Å²) < 4.78 is 28.9. The highest BCUT2D eigenvalue weighted by molar-refractivity contribution is 7.89. The average Bonchev–Trinajstić information content (AvgIpc) is 3.25. The van der Waals surface area contributed by atoms with Gasteiger partial charge in [0.05, 0.1) is 10.6 Å². The van der Waals surface area contributed by atoms with Crippen LogP contribution in [0.25, 0.3) is 16.9 Å². The quantitative estimate of drug-likeness (QED) is 0.495. The summed E-state index contributed by atoms with van der Waals surface area (Å²) in [7, 11) is -3.50. The van der Waals surface area contributed by atoms with Crippen LogP contribution in [-0.4, -0.2) is 63.9 Å². The number of piperazine rings is 1. The molecule has 30 heavy (non-hydrogen) atoms. The Morgan fingerprint density at radius 2 is 1.47 bits per heavy atom. The van der Waals surface area contributed by atoms with Crippen LogP contribution in [0.15, 0.2) is 71.9 Å². The number of para-hydroxylation sites is 1. The third-order valence-electron chi connectivity index (χ3n) is 5.14. The maximum Gasteiger partial charge on any atom is 0.243 e. The highest BCUT2D eigenvalue weighted by atomic mass is 32.2. The summed E-state index contributed by atoms with van der Waals surface area (Å²) >= 11 is 0. The summed E-state index contributed by atoms with van der Waals surface area (Å²) in [6.45, 7) is 1.76. The van der Waals surface area contributed by atoms with E-state index in [1.165, 1.54) is 10.6 Å². The molecule has 0 saturated carbocycles. The van der Waals surface area contributed by atoms with Crippen LogP contribution in [0.1, 0.15) is 0 Å². The highest BCUT2D eigenvalue weighted by Gasteiger charge is 2.30. The Balaban J connectivity index is 1.40. The number of rotatable bonds is 4. The molecule has 0 bridgehead atoms. The van der Waals surface area contributed by atoms with Crippen LogP contribution in [0.5, 0.6) is 0 Å². The maximum absolute atomic E-state index is 12.9. The minimum atomic E-state index is -3.50. The molecule has 0 N–H and O–H groups in total. The van der Waals surface area contributed by atoms with E-state index < -0.39 is 10.0 Å². The predicted molar refractivity (Wildman–Crippen MR) is 112 cm³/mol. The van der Waals surface area contributed by atoms with Gasteiger partial charge in [0, 0.05) is 26.2 Å². The monoisotopic (exact) mass is 421 g/mol. The first-order valence-corrected chi connectivity index (χ1v) is 11.0.